The molecule has 1 atom stereocenters. The van der Waals surface area contributed by atoms with Gasteiger partial charge in [-0.05, 0) is 60.2 Å². The summed E-state index contributed by atoms with van der Waals surface area (Å²) in [5.41, 5.74) is 6.36. The molecule has 4 aromatic rings. The molecule has 0 amide bonds. The fourth-order valence-electron chi connectivity index (χ4n) is 5.31. The van der Waals surface area contributed by atoms with Crippen molar-refractivity contribution in [3.05, 3.63) is 120 Å². The minimum atomic E-state index is -0.481. The Morgan fingerprint density at radius 2 is 1.82 bits per heavy atom. The molecule has 0 N–H and O–H groups in total. The first-order valence-electron chi connectivity index (χ1n) is 13.2. The molecule has 0 saturated heterocycles. The molecule has 0 spiro atoms. The molecular formula is C32H28N2O5S. The van der Waals surface area contributed by atoms with Gasteiger partial charge >= 0.3 is 5.97 Å². The third-order valence-electron chi connectivity index (χ3n) is 7.13. The van der Waals surface area contributed by atoms with Crippen LogP contribution in [0.2, 0.25) is 0 Å². The lowest BCUT2D eigenvalue weighted by atomic mass is 9.83. The minimum Gasteiger partial charge on any atom is -0.490 e. The average molecular weight is 553 g/mol. The van der Waals surface area contributed by atoms with Crippen molar-refractivity contribution >= 4 is 29.1 Å². The zero-order chi connectivity index (χ0) is 27.6. The molecule has 2 heterocycles. The molecule has 0 radical (unpaired) electrons. The minimum absolute atomic E-state index is 0.0769. The van der Waals surface area contributed by atoms with E-state index < -0.39 is 5.97 Å². The fraction of sp³-hybridized carbons (Fsp3) is 0.219. The van der Waals surface area contributed by atoms with Crippen molar-refractivity contribution < 1.29 is 19.0 Å². The van der Waals surface area contributed by atoms with E-state index in [0.717, 1.165) is 35.2 Å². The molecule has 6 rings (SSSR count). The van der Waals surface area contributed by atoms with Gasteiger partial charge in [-0.1, -0.05) is 72.0 Å². The van der Waals surface area contributed by atoms with Gasteiger partial charge in [-0.25, -0.2) is 9.79 Å². The van der Waals surface area contributed by atoms with Crippen LogP contribution in [0.15, 0.2) is 88.2 Å². The molecule has 0 saturated carbocycles. The van der Waals surface area contributed by atoms with Crippen LogP contribution in [-0.4, -0.2) is 30.9 Å². The van der Waals surface area contributed by atoms with Gasteiger partial charge < -0.3 is 14.2 Å². The molecule has 1 aromatic heterocycles. The highest BCUT2D eigenvalue weighted by molar-refractivity contribution is 7.07. The van der Waals surface area contributed by atoms with E-state index in [0.29, 0.717) is 27.4 Å². The Balaban J connectivity index is 1.47. The lowest BCUT2D eigenvalue weighted by Gasteiger charge is -2.30. The number of fused-ring (bicyclic) bond motifs is 3. The second kappa shape index (κ2) is 11.0. The molecule has 7 nitrogen and oxygen atoms in total. The summed E-state index contributed by atoms with van der Waals surface area (Å²) in [5, 5.41) is 0. The maximum atomic E-state index is 14.0. The summed E-state index contributed by atoms with van der Waals surface area (Å²) >= 11 is 1.39. The maximum absolute atomic E-state index is 14.0. The lowest BCUT2D eigenvalue weighted by molar-refractivity contribution is -0.142. The van der Waals surface area contributed by atoms with Crippen molar-refractivity contribution in [3.63, 3.8) is 0 Å². The Kier molecular flexibility index (Phi) is 7.09. The number of aryl methyl sites for hydroxylation is 1. The predicted octanol–water partition coefficient (Wildman–Crippen LogP) is 4.27. The number of thiazole rings is 1. The van der Waals surface area contributed by atoms with Crippen LogP contribution in [0.4, 0.5) is 0 Å². The van der Waals surface area contributed by atoms with Gasteiger partial charge in [-0.15, -0.1) is 0 Å². The smallest absolute Gasteiger partial charge is 0.343 e. The van der Waals surface area contributed by atoms with E-state index in [1.807, 2.05) is 54.0 Å². The first-order chi connectivity index (χ1) is 19.6. The standard InChI is InChI=1S/C32H28N2O5S/c1-3-38-26-17-20(13-16-25(26)39-19-28(35)37-2)18-27-31(36)34-30(22-10-5-4-6-11-22)24-15-14-21-9-7-8-12-23(21)29(24)33-32(34)40-27/h4-13,16-18,30H,3,14-15,19H2,1-2H3. The van der Waals surface area contributed by atoms with Crippen molar-refractivity contribution in [1.29, 1.82) is 0 Å². The van der Waals surface area contributed by atoms with E-state index in [-0.39, 0.29) is 18.2 Å². The molecule has 1 unspecified atom stereocenters. The van der Waals surface area contributed by atoms with Gasteiger partial charge in [0.2, 0.25) is 0 Å². The van der Waals surface area contributed by atoms with Gasteiger partial charge in [0.15, 0.2) is 22.9 Å². The molecule has 3 aromatic carbocycles. The SMILES string of the molecule is CCOc1cc(C=c2sc3n(c2=O)C(c2ccccc2)C2=C(N=3)c3ccccc3CC2)ccc1OCC(=O)OC. The van der Waals surface area contributed by atoms with Crippen LogP contribution >= 0.6 is 11.3 Å². The number of nitrogens with zero attached hydrogens (tertiary/aromatic N) is 2. The number of hydrogen-bond donors (Lipinski definition) is 0. The summed E-state index contributed by atoms with van der Waals surface area (Å²) in [4.78, 5) is 31.3. The number of benzene rings is 3. The molecule has 40 heavy (non-hydrogen) atoms. The van der Waals surface area contributed by atoms with Crippen molar-refractivity contribution in [2.75, 3.05) is 20.3 Å². The van der Waals surface area contributed by atoms with E-state index in [2.05, 4.69) is 35.1 Å². The van der Waals surface area contributed by atoms with Gasteiger partial charge in [0.05, 0.1) is 30.0 Å². The molecular weight excluding hydrogens is 524 g/mol. The Morgan fingerprint density at radius 3 is 2.62 bits per heavy atom. The van der Waals surface area contributed by atoms with Crippen LogP contribution in [0.5, 0.6) is 11.5 Å². The topological polar surface area (TPSA) is 79.1 Å². The number of methoxy groups -OCH3 is 1. The van der Waals surface area contributed by atoms with Gasteiger partial charge in [0, 0.05) is 5.56 Å². The van der Waals surface area contributed by atoms with Crippen molar-refractivity contribution in [1.82, 2.24) is 4.57 Å². The number of carbonyl (C=O) groups excluding carboxylic acids is 1. The molecule has 202 valence electrons. The number of rotatable bonds is 7. The summed E-state index contributed by atoms with van der Waals surface area (Å²) < 4.78 is 18.4. The van der Waals surface area contributed by atoms with E-state index in [9.17, 15) is 9.59 Å². The average Bonchev–Trinajstić information content (AvgIpc) is 3.30. The highest BCUT2D eigenvalue weighted by atomic mass is 32.1. The van der Waals surface area contributed by atoms with Crippen molar-refractivity contribution in [3.8, 4) is 11.5 Å². The van der Waals surface area contributed by atoms with Gasteiger partial charge in [0.1, 0.15) is 0 Å². The van der Waals surface area contributed by atoms with Crippen LogP contribution in [0.1, 0.15) is 41.6 Å². The monoisotopic (exact) mass is 552 g/mol. The maximum Gasteiger partial charge on any atom is 0.343 e. The Labute approximate surface area is 235 Å². The van der Waals surface area contributed by atoms with E-state index in [1.54, 1.807) is 6.07 Å². The largest absolute Gasteiger partial charge is 0.490 e. The third kappa shape index (κ3) is 4.75. The quantitative estimate of drug-likeness (QED) is 0.320. The Morgan fingerprint density at radius 1 is 1.02 bits per heavy atom. The van der Waals surface area contributed by atoms with E-state index in [1.165, 1.54) is 29.6 Å². The number of aromatic nitrogens is 1. The summed E-state index contributed by atoms with van der Waals surface area (Å²) in [7, 11) is 1.31. The van der Waals surface area contributed by atoms with Gasteiger partial charge in [0.25, 0.3) is 5.56 Å². The van der Waals surface area contributed by atoms with Crippen LogP contribution in [0, 0.1) is 0 Å². The van der Waals surface area contributed by atoms with Gasteiger partial charge in [-0.3, -0.25) is 9.36 Å². The number of carbonyl (C=O) groups is 1. The normalized spacial score (nSPS) is 15.9. The van der Waals surface area contributed by atoms with Gasteiger partial charge in [-0.2, -0.15) is 0 Å². The fourth-order valence-corrected chi connectivity index (χ4v) is 6.31. The second-order valence-electron chi connectivity index (χ2n) is 9.53. The van der Waals surface area contributed by atoms with Crippen molar-refractivity contribution in [2.24, 2.45) is 4.99 Å². The van der Waals surface area contributed by atoms with E-state index >= 15 is 0 Å². The third-order valence-corrected chi connectivity index (χ3v) is 8.11. The second-order valence-corrected chi connectivity index (χ2v) is 10.5. The number of hydrogen-bond acceptors (Lipinski definition) is 7. The molecule has 8 heteroatoms. The molecule has 0 fully saturated rings. The first kappa shape index (κ1) is 25.8. The van der Waals surface area contributed by atoms with Crippen LogP contribution in [0.3, 0.4) is 0 Å². The number of allylic oxidation sites excluding steroid dienone is 1. The molecule has 0 bridgehead atoms. The van der Waals surface area contributed by atoms with Crippen LogP contribution in [-0.2, 0) is 16.0 Å². The zero-order valence-electron chi connectivity index (χ0n) is 22.3. The first-order valence-corrected chi connectivity index (χ1v) is 14.0. The molecule has 2 aliphatic rings. The summed E-state index contributed by atoms with van der Waals surface area (Å²) in [6.45, 7) is 2.07. The van der Waals surface area contributed by atoms with Crippen molar-refractivity contribution in [2.45, 2.75) is 25.8 Å². The molecule has 1 aliphatic carbocycles. The number of esters is 1. The Hall–Kier alpha value is -4.43. The predicted molar refractivity (Wildman–Crippen MR) is 154 cm³/mol. The van der Waals surface area contributed by atoms with Crippen LogP contribution in [0.25, 0.3) is 11.8 Å². The zero-order valence-corrected chi connectivity index (χ0v) is 23.1. The molecule has 1 aliphatic heterocycles. The summed E-state index contributed by atoms with van der Waals surface area (Å²) in [6.07, 6.45) is 3.63. The van der Waals surface area contributed by atoms with E-state index in [4.69, 9.17) is 14.5 Å². The van der Waals surface area contributed by atoms with Crippen LogP contribution < -0.4 is 24.4 Å². The summed E-state index contributed by atoms with van der Waals surface area (Å²) in [5.74, 6) is 0.439. The Bertz CT molecular complexity index is 1800. The number of ether oxygens (including phenoxy) is 3. The highest BCUT2D eigenvalue weighted by Crippen LogP contribution is 2.41. The highest BCUT2D eigenvalue weighted by Gasteiger charge is 2.32. The summed E-state index contributed by atoms with van der Waals surface area (Å²) in [6, 6.07) is 23.8. The lowest BCUT2D eigenvalue weighted by Crippen LogP contribution is -2.38.